The van der Waals surface area contributed by atoms with E-state index < -0.39 is 11.8 Å². The lowest BCUT2D eigenvalue weighted by Crippen LogP contribution is -2.37. The van der Waals surface area contributed by atoms with Crippen molar-refractivity contribution in [1.29, 1.82) is 0 Å². The Labute approximate surface area is 177 Å². The molecule has 0 unspecified atom stereocenters. The predicted octanol–water partition coefficient (Wildman–Crippen LogP) is 5.86. The van der Waals surface area contributed by atoms with Gasteiger partial charge < -0.3 is 10.4 Å². The number of amides is 2. The fourth-order valence-corrected chi connectivity index (χ4v) is 3.03. The zero-order chi connectivity index (χ0) is 21.9. The average molecular weight is 413 g/mol. The molecular weight excluding hydrogens is 383 g/mol. The van der Waals surface area contributed by atoms with E-state index in [9.17, 15) is 14.0 Å². The van der Waals surface area contributed by atoms with Crippen LogP contribution in [0, 0.1) is 0 Å². The highest BCUT2D eigenvalue weighted by atomic mass is 19.1. The van der Waals surface area contributed by atoms with Crippen LogP contribution in [-0.4, -0.2) is 30.7 Å². The number of urea groups is 1. The average Bonchev–Trinajstić information content (AvgIpc) is 2.76. The van der Waals surface area contributed by atoms with Gasteiger partial charge in [-0.25, -0.2) is 9.59 Å². The minimum absolute atomic E-state index is 0.146. The summed E-state index contributed by atoms with van der Waals surface area (Å²) in [6.07, 6.45) is 6.69. The van der Waals surface area contributed by atoms with Crippen LogP contribution in [-0.2, 0) is 4.79 Å². The van der Waals surface area contributed by atoms with E-state index >= 15 is 0 Å². The predicted molar refractivity (Wildman–Crippen MR) is 119 cm³/mol. The van der Waals surface area contributed by atoms with Crippen LogP contribution in [0.4, 0.5) is 14.9 Å². The fourth-order valence-electron chi connectivity index (χ4n) is 3.03. The Kier molecular flexibility index (Phi) is 9.06. The lowest BCUT2D eigenvalue weighted by molar-refractivity contribution is -0.134. The van der Waals surface area contributed by atoms with Crippen molar-refractivity contribution in [3.05, 3.63) is 59.9 Å². The Hall–Kier alpha value is -3.15. The van der Waals surface area contributed by atoms with Crippen LogP contribution in [0.1, 0.15) is 44.6 Å². The minimum atomic E-state index is -1.59. The first-order valence-electron chi connectivity index (χ1n) is 10.2. The molecule has 6 heteroatoms. The number of carbonyl (C=O) groups is 2. The molecule has 2 aromatic rings. The van der Waals surface area contributed by atoms with Crippen LogP contribution in [0.2, 0.25) is 0 Å². The highest BCUT2D eigenvalue weighted by molar-refractivity contribution is 5.92. The molecular formula is C24H29FN2O3. The number of carboxylic acids is 1. The third-order valence-electron chi connectivity index (χ3n) is 4.84. The van der Waals surface area contributed by atoms with Gasteiger partial charge in [-0.2, -0.15) is 4.39 Å². The monoisotopic (exact) mass is 412 g/mol. The second-order valence-electron chi connectivity index (χ2n) is 7.17. The molecule has 0 spiro atoms. The van der Waals surface area contributed by atoms with Crippen LogP contribution in [0.15, 0.2) is 54.4 Å². The SMILES string of the molecule is CCCCCCCNC(=O)N(C)c1cccc(-c2ccc(C=C(F)C(=O)O)cc2)c1. The highest BCUT2D eigenvalue weighted by Gasteiger charge is 2.11. The lowest BCUT2D eigenvalue weighted by atomic mass is 10.0. The van der Waals surface area contributed by atoms with Crippen LogP contribution in [0.5, 0.6) is 0 Å². The zero-order valence-electron chi connectivity index (χ0n) is 17.5. The molecule has 0 aromatic heterocycles. The number of halogens is 1. The maximum Gasteiger partial charge on any atom is 0.364 e. The number of anilines is 1. The molecule has 2 aromatic carbocycles. The van der Waals surface area contributed by atoms with Gasteiger partial charge in [0.1, 0.15) is 0 Å². The van der Waals surface area contributed by atoms with Gasteiger partial charge in [0, 0.05) is 19.3 Å². The number of unbranched alkanes of at least 4 members (excludes halogenated alkanes) is 4. The number of hydrogen-bond donors (Lipinski definition) is 2. The molecule has 2 N–H and O–H groups in total. The fraction of sp³-hybridized carbons (Fsp3) is 0.333. The van der Waals surface area contributed by atoms with Gasteiger partial charge in [-0.3, -0.25) is 4.90 Å². The number of carbonyl (C=O) groups excluding carboxylic acids is 1. The van der Waals surface area contributed by atoms with Crippen molar-refractivity contribution in [2.24, 2.45) is 0 Å². The molecule has 5 nitrogen and oxygen atoms in total. The highest BCUT2D eigenvalue weighted by Crippen LogP contribution is 2.25. The quantitative estimate of drug-likeness (QED) is 0.379. The molecule has 2 amide bonds. The third kappa shape index (κ3) is 7.03. The van der Waals surface area contributed by atoms with E-state index in [1.165, 1.54) is 19.3 Å². The lowest BCUT2D eigenvalue weighted by Gasteiger charge is -2.19. The Morgan fingerprint density at radius 1 is 1.03 bits per heavy atom. The van der Waals surface area contributed by atoms with E-state index in [0.717, 1.165) is 35.7 Å². The molecule has 0 fully saturated rings. The Morgan fingerprint density at radius 3 is 2.40 bits per heavy atom. The van der Waals surface area contributed by atoms with E-state index in [-0.39, 0.29) is 6.03 Å². The smallest absolute Gasteiger partial charge is 0.364 e. The zero-order valence-corrected chi connectivity index (χ0v) is 17.5. The van der Waals surface area contributed by atoms with Crippen molar-refractivity contribution in [3.63, 3.8) is 0 Å². The summed E-state index contributed by atoms with van der Waals surface area (Å²) in [5.41, 5.74) is 3.01. The van der Waals surface area contributed by atoms with Gasteiger partial charge in [-0.1, -0.05) is 69.0 Å². The molecule has 30 heavy (non-hydrogen) atoms. The van der Waals surface area contributed by atoms with Crippen molar-refractivity contribution in [2.45, 2.75) is 39.0 Å². The van der Waals surface area contributed by atoms with Crippen molar-refractivity contribution in [1.82, 2.24) is 5.32 Å². The molecule has 0 aliphatic rings. The van der Waals surface area contributed by atoms with Crippen LogP contribution in [0.25, 0.3) is 17.2 Å². The van der Waals surface area contributed by atoms with Gasteiger partial charge in [0.25, 0.3) is 0 Å². The van der Waals surface area contributed by atoms with Gasteiger partial charge in [-0.05, 0) is 41.3 Å². The summed E-state index contributed by atoms with van der Waals surface area (Å²) in [5.74, 6) is -2.79. The third-order valence-corrected chi connectivity index (χ3v) is 4.84. The summed E-state index contributed by atoms with van der Waals surface area (Å²) >= 11 is 0. The summed E-state index contributed by atoms with van der Waals surface area (Å²) in [7, 11) is 1.73. The van der Waals surface area contributed by atoms with Crippen molar-refractivity contribution in [2.75, 3.05) is 18.5 Å². The molecule has 0 heterocycles. The molecule has 0 bridgehead atoms. The van der Waals surface area contributed by atoms with E-state index in [1.807, 2.05) is 24.3 Å². The first kappa shape index (κ1) is 23.1. The maximum absolute atomic E-state index is 13.2. The van der Waals surface area contributed by atoms with Gasteiger partial charge in [0.15, 0.2) is 0 Å². The summed E-state index contributed by atoms with van der Waals surface area (Å²) in [6.45, 7) is 2.84. The number of aliphatic carboxylic acids is 1. The van der Waals surface area contributed by atoms with Crippen LogP contribution < -0.4 is 10.2 Å². The Balaban J connectivity index is 2.00. The van der Waals surface area contributed by atoms with Gasteiger partial charge >= 0.3 is 12.0 Å². The molecule has 2 rings (SSSR count). The topological polar surface area (TPSA) is 69.6 Å². The van der Waals surface area contributed by atoms with Crippen LogP contribution in [0.3, 0.4) is 0 Å². The number of rotatable bonds is 10. The molecule has 0 saturated heterocycles. The second-order valence-corrected chi connectivity index (χ2v) is 7.17. The minimum Gasteiger partial charge on any atom is -0.476 e. The molecule has 0 aliphatic carbocycles. The molecule has 0 radical (unpaired) electrons. The number of hydrogen-bond acceptors (Lipinski definition) is 2. The molecule has 0 atom stereocenters. The molecule has 0 aliphatic heterocycles. The summed E-state index contributed by atoms with van der Waals surface area (Å²) in [4.78, 5) is 24.6. The summed E-state index contributed by atoms with van der Waals surface area (Å²) < 4.78 is 13.2. The first-order chi connectivity index (χ1) is 14.4. The summed E-state index contributed by atoms with van der Waals surface area (Å²) in [5, 5.41) is 11.6. The normalized spacial score (nSPS) is 11.2. The number of nitrogens with zero attached hydrogens (tertiary/aromatic N) is 1. The van der Waals surface area contributed by atoms with E-state index in [2.05, 4.69) is 12.2 Å². The van der Waals surface area contributed by atoms with E-state index in [4.69, 9.17) is 5.11 Å². The van der Waals surface area contributed by atoms with Crippen molar-refractivity contribution in [3.8, 4) is 11.1 Å². The first-order valence-corrected chi connectivity index (χ1v) is 10.2. The second kappa shape index (κ2) is 11.8. The summed E-state index contributed by atoms with van der Waals surface area (Å²) in [6, 6.07) is 14.3. The van der Waals surface area contributed by atoms with Gasteiger partial charge in [-0.15, -0.1) is 0 Å². The van der Waals surface area contributed by atoms with Crippen molar-refractivity contribution < 1.29 is 19.1 Å². The molecule has 160 valence electrons. The Bertz CT molecular complexity index is 878. The van der Waals surface area contributed by atoms with Crippen LogP contribution >= 0.6 is 0 Å². The number of nitrogens with one attached hydrogen (secondary N) is 1. The van der Waals surface area contributed by atoms with E-state index in [0.29, 0.717) is 12.1 Å². The Morgan fingerprint density at radius 2 is 1.73 bits per heavy atom. The van der Waals surface area contributed by atoms with Crippen molar-refractivity contribution >= 4 is 23.8 Å². The van der Waals surface area contributed by atoms with E-state index in [1.54, 1.807) is 36.2 Å². The number of benzene rings is 2. The standard InChI is InChI=1S/C24H29FN2O3/c1-3-4-5-6-7-15-26-24(30)27(2)21-10-8-9-20(17-21)19-13-11-18(12-14-19)16-22(25)23(28)29/h8-14,16-17H,3-7,15H2,1-2H3,(H,26,30)(H,28,29). The van der Waals surface area contributed by atoms with Gasteiger partial charge in [0.05, 0.1) is 0 Å². The number of carboxylic acid groups (broad SMARTS) is 1. The maximum atomic E-state index is 13.2. The molecule has 0 saturated carbocycles. The van der Waals surface area contributed by atoms with Gasteiger partial charge in [0.2, 0.25) is 5.83 Å². The largest absolute Gasteiger partial charge is 0.476 e.